The van der Waals surface area contributed by atoms with Crippen molar-refractivity contribution in [3.8, 4) is 0 Å². The first-order valence-corrected chi connectivity index (χ1v) is 13.1. The number of hydrogen-bond acceptors (Lipinski definition) is 7. The van der Waals surface area contributed by atoms with Crippen molar-refractivity contribution in [3.05, 3.63) is 0 Å². The fraction of sp³-hybridized carbons (Fsp3) is 0.923. The van der Waals surface area contributed by atoms with Crippen LogP contribution in [0, 0.1) is 0 Å². The van der Waals surface area contributed by atoms with Gasteiger partial charge in [0.1, 0.15) is 24.4 Å². The van der Waals surface area contributed by atoms with Crippen LogP contribution in [-0.2, 0) is 9.59 Å². The van der Waals surface area contributed by atoms with Crippen molar-refractivity contribution in [2.45, 2.75) is 154 Å². The molecule has 0 unspecified atom stereocenters. The highest BCUT2D eigenvalue weighted by atomic mass is 16.4. The van der Waals surface area contributed by atoms with Crippen LogP contribution in [0.25, 0.3) is 0 Å². The van der Waals surface area contributed by atoms with E-state index in [-0.39, 0.29) is 6.29 Å². The van der Waals surface area contributed by atoms with Gasteiger partial charge in [-0.1, -0.05) is 96.8 Å². The van der Waals surface area contributed by atoms with Gasteiger partial charge in [0.25, 0.3) is 0 Å². The summed E-state index contributed by atoms with van der Waals surface area (Å²) in [6, 6.07) is 0. The second-order valence-corrected chi connectivity index (χ2v) is 9.80. The zero-order chi connectivity index (χ0) is 26.4. The summed E-state index contributed by atoms with van der Waals surface area (Å²) in [7, 11) is 0. The molecule has 0 amide bonds. The van der Waals surface area contributed by atoms with E-state index in [1.54, 1.807) is 0 Å². The van der Waals surface area contributed by atoms with Crippen molar-refractivity contribution in [3.63, 3.8) is 0 Å². The maximum absolute atomic E-state index is 10.3. The first-order valence-electron chi connectivity index (χ1n) is 13.1. The molecule has 0 saturated heterocycles. The molecule has 4 atom stereocenters. The Morgan fingerprint density at radius 3 is 1.35 bits per heavy atom. The summed E-state index contributed by atoms with van der Waals surface area (Å²) in [6.45, 7) is 4.72. The van der Waals surface area contributed by atoms with E-state index < -0.39 is 36.0 Å². The number of carboxylic acid groups (broad SMARTS) is 1. The first-order chi connectivity index (χ1) is 16.0. The van der Waals surface area contributed by atoms with Gasteiger partial charge in [-0.25, -0.2) is 0 Å². The monoisotopic (exact) mass is 492 g/mol. The molecule has 34 heavy (non-hydrogen) atoms. The van der Waals surface area contributed by atoms with Crippen LogP contribution in [0.1, 0.15) is 124 Å². The molecule has 0 fully saturated rings. The summed E-state index contributed by atoms with van der Waals surface area (Å²) < 4.78 is 0. The van der Waals surface area contributed by atoms with Gasteiger partial charge in [0, 0.05) is 6.42 Å². The Hall–Kier alpha value is -1.06. The smallest absolute Gasteiger partial charge is 0.303 e. The molecule has 8 nitrogen and oxygen atoms in total. The van der Waals surface area contributed by atoms with E-state index in [1.807, 2.05) is 0 Å². The summed E-state index contributed by atoms with van der Waals surface area (Å²) in [6.07, 6.45) is 13.2. The Bertz CT molecular complexity index is 478. The van der Waals surface area contributed by atoms with Gasteiger partial charge >= 0.3 is 5.97 Å². The molecule has 6 N–H and O–H groups in total. The summed E-state index contributed by atoms with van der Waals surface area (Å²) >= 11 is 0. The quantitative estimate of drug-likeness (QED) is 0.105. The van der Waals surface area contributed by atoms with Crippen molar-refractivity contribution >= 4 is 12.3 Å². The van der Waals surface area contributed by atoms with Crippen molar-refractivity contribution in [1.29, 1.82) is 0 Å². The first kappa shape index (κ1) is 35.1. The zero-order valence-corrected chi connectivity index (χ0v) is 21.7. The molecular formula is C26H52O8. The summed E-state index contributed by atoms with van der Waals surface area (Å²) in [4.78, 5) is 20.4. The predicted octanol–water partition coefficient (Wildman–Crippen LogP) is 3.73. The van der Waals surface area contributed by atoms with Crippen LogP contribution in [0.2, 0.25) is 0 Å². The molecule has 8 heteroatoms. The molecule has 0 heterocycles. The topological polar surface area (TPSA) is 156 Å². The highest BCUT2D eigenvalue weighted by molar-refractivity contribution is 5.66. The summed E-state index contributed by atoms with van der Waals surface area (Å²) in [5.74, 6) is -0.653. The minimum absolute atomic E-state index is 0.0327. The van der Waals surface area contributed by atoms with Gasteiger partial charge in [0.15, 0.2) is 6.29 Å². The fourth-order valence-electron chi connectivity index (χ4n) is 3.53. The third-order valence-corrected chi connectivity index (χ3v) is 5.88. The van der Waals surface area contributed by atoms with Crippen LogP contribution in [0.5, 0.6) is 0 Å². The highest BCUT2D eigenvalue weighted by Gasteiger charge is 2.37. The van der Waals surface area contributed by atoms with Crippen LogP contribution in [0.4, 0.5) is 0 Å². The fourth-order valence-corrected chi connectivity index (χ4v) is 3.53. The van der Waals surface area contributed by atoms with Gasteiger partial charge in [0.2, 0.25) is 0 Å². The normalized spacial score (nSPS) is 15.1. The average Bonchev–Trinajstić information content (AvgIpc) is 2.79. The van der Waals surface area contributed by atoms with Gasteiger partial charge in [-0.05, 0) is 20.3 Å². The van der Waals surface area contributed by atoms with E-state index >= 15 is 0 Å². The molecule has 0 bridgehead atoms. The lowest BCUT2D eigenvalue weighted by Gasteiger charge is -2.31. The molecule has 0 aromatic heterocycles. The minimum Gasteiger partial charge on any atom is -0.481 e. The molecule has 204 valence electrons. The molecule has 0 aromatic carbocycles. The van der Waals surface area contributed by atoms with Crippen LogP contribution in [0.15, 0.2) is 0 Å². The Morgan fingerprint density at radius 2 is 1.06 bits per heavy atom. The number of unbranched alkanes of at least 4 members (excludes halogenated alkanes) is 14. The van der Waals surface area contributed by atoms with Gasteiger partial charge in [-0.15, -0.1) is 0 Å². The van der Waals surface area contributed by atoms with E-state index in [4.69, 9.17) is 15.3 Å². The van der Waals surface area contributed by atoms with E-state index in [2.05, 4.69) is 6.92 Å². The number of rotatable bonds is 21. The summed E-state index contributed by atoms with van der Waals surface area (Å²) in [5, 5.41) is 54.3. The van der Waals surface area contributed by atoms with E-state index in [0.717, 1.165) is 12.8 Å². The molecular weight excluding hydrogens is 440 g/mol. The van der Waals surface area contributed by atoms with Crippen molar-refractivity contribution in [2.24, 2.45) is 0 Å². The average molecular weight is 493 g/mol. The molecule has 0 rings (SSSR count). The SMILES string of the molecule is CC(C)(O)[C@@H](O)[C@@H](O)[C@H](O)[C@@H](O)C=O.CCCCCCCCCCCCCCCCCC(=O)O. The van der Waals surface area contributed by atoms with E-state index in [9.17, 15) is 24.9 Å². The molecule has 0 aliphatic heterocycles. The Kier molecular flexibility index (Phi) is 23.1. The number of carbonyl (C=O) groups excluding carboxylic acids is 1. The molecule has 0 spiro atoms. The van der Waals surface area contributed by atoms with Gasteiger partial charge < -0.3 is 35.4 Å². The van der Waals surface area contributed by atoms with E-state index in [1.165, 1.54) is 97.3 Å². The number of aliphatic hydroxyl groups excluding tert-OH is 4. The van der Waals surface area contributed by atoms with Gasteiger partial charge in [-0.2, -0.15) is 0 Å². The van der Waals surface area contributed by atoms with Crippen LogP contribution >= 0.6 is 0 Å². The summed E-state index contributed by atoms with van der Waals surface area (Å²) in [5.41, 5.74) is -1.64. The molecule has 0 radical (unpaired) electrons. The second-order valence-electron chi connectivity index (χ2n) is 9.80. The van der Waals surface area contributed by atoms with Gasteiger partial charge in [-0.3, -0.25) is 4.79 Å². The Balaban J connectivity index is 0. The maximum Gasteiger partial charge on any atom is 0.303 e. The Morgan fingerprint density at radius 1 is 0.706 bits per heavy atom. The van der Waals surface area contributed by atoms with Crippen molar-refractivity contribution in [2.75, 3.05) is 0 Å². The third kappa shape index (κ3) is 21.5. The van der Waals surface area contributed by atoms with Crippen molar-refractivity contribution < 1.29 is 40.2 Å². The predicted molar refractivity (Wildman–Crippen MR) is 134 cm³/mol. The van der Waals surface area contributed by atoms with Gasteiger partial charge in [0.05, 0.1) is 5.60 Å². The Labute approximate surface area is 206 Å². The molecule has 0 saturated carbocycles. The highest BCUT2D eigenvalue weighted by Crippen LogP contribution is 2.16. The number of aldehydes is 1. The number of hydrogen-bond donors (Lipinski definition) is 6. The standard InChI is InChI=1S/C18H36O2.C8H16O6/c1-2-3-4-5-6-7-8-9-10-11-12-13-14-15-16-17-18(19)20;1-8(2,14)7(13)6(12)5(11)4(10)3-9/h2-17H2,1H3,(H,19,20);3-7,10-14H,1-2H3/t;4-,5+,6-,7-/m.0/s1. The molecule has 0 aliphatic carbocycles. The number of aliphatic hydroxyl groups is 5. The lowest BCUT2D eigenvalue weighted by Crippen LogP contribution is -2.53. The maximum atomic E-state index is 10.3. The van der Waals surface area contributed by atoms with E-state index in [0.29, 0.717) is 6.42 Å². The van der Waals surface area contributed by atoms with Crippen LogP contribution < -0.4 is 0 Å². The zero-order valence-electron chi connectivity index (χ0n) is 21.7. The lowest BCUT2D eigenvalue weighted by molar-refractivity contribution is -0.160. The van der Waals surface area contributed by atoms with Crippen LogP contribution in [-0.4, -0.2) is 72.9 Å². The minimum atomic E-state index is -1.83. The van der Waals surface area contributed by atoms with Crippen LogP contribution in [0.3, 0.4) is 0 Å². The number of carbonyl (C=O) groups is 2. The van der Waals surface area contributed by atoms with Crippen molar-refractivity contribution in [1.82, 2.24) is 0 Å². The second kappa shape index (κ2) is 22.4. The number of aliphatic carboxylic acids is 1. The number of carboxylic acids is 1. The molecule has 0 aliphatic rings. The molecule has 0 aromatic rings. The largest absolute Gasteiger partial charge is 0.481 e. The third-order valence-electron chi connectivity index (χ3n) is 5.88. The lowest BCUT2D eigenvalue weighted by atomic mass is 9.92.